The maximum atomic E-state index is 11.6. The fourth-order valence-corrected chi connectivity index (χ4v) is 2.74. The van der Waals surface area contributed by atoms with Gasteiger partial charge in [0.2, 0.25) is 0 Å². The third-order valence-corrected chi connectivity index (χ3v) is 4.19. The van der Waals surface area contributed by atoms with Crippen LogP contribution in [0.15, 0.2) is 18.2 Å². The molecule has 0 bridgehead atoms. The Labute approximate surface area is 131 Å². The van der Waals surface area contributed by atoms with E-state index in [1.165, 1.54) is 19.2 Å². The summed E-state index contributed by atoms with van der Waals surface area (Å²) in [6.07, 6.45) is 0. The van der Waals surface area contributed by atoms with Crippen LogP contribution in [0.4, 0.5) is 11.4 Å². The Kier molecular flexibility index (Phi) is 4.71. The summed E-state index contributed by atoms with van der Waals surface area (Å²) >= 11 is 1.58. The van der Waals surface area contributed by atoms with E-state index in [4.69, 9.17) is 0 Å². The molecule has 116 valence electrons. The fourth-order valence-electron chi connectivity index (χ4n) is 1.87. The van der Waals surface area contributed by atoms with Gasteiger partial charge in [0, 0.05) is 16.6 Å². The second kappa shape index (κ2) is 6.52. The molecule has 0 atom stereocenters. The third kappa shape index (κ3) is 3.40. The molecule has 0 fully saturated rings. The van der Waals surface area contributed by atoms with Crippen molar-refractivity contribution in [2.24, 2.45) is 0 Å². The second-order valence-electron chi connectivity index (χ2n) is 4.58. The number of esters is 1. The summed E-state index contributed by atoms with van der Waals surface area (Å²) in [5.41, 5.74) is 1.22. The van der Waals surface area contributed by atoms with Crippen molar-refractivity contribution in [3.8, 4) is 0 Å². The minimum absolute atomic E-state index is 0.0796. The van der Waals surface area contributed by atoms with Crippen molar-refractivity contribution in [1.29, 1.82) is 0 Å². The number of nitro groups is 1. The van der Waals surface area contributed by atoms with Crippen LogP contribution in [-0.4, -0.2) is 23.0 Å². The topological polar surface area (TPSA) is 94.4 Å². The number of benzene rings is 1. The highest BCUT2D eigenvalue weighted by atomic mass is 32.1. The summed E-state index contributed by atoms with van der Waals surface area (Å²) in [5, 5.41) is 15.0. The Balaban J connectivity index is 2.21. The first-order valence-corrected chi connectivity index (χ1v) is 7.27. The monoisotopic (exact) mass is 321 g/mol. The van der Waals surface area contributed by atoms with E-state index in [1.54, 1.807) is 17.4 Å². The number of nitro benzene ring substituents is 1. The highest BCUT2D eigenvalue weighted by Crippen LogP contribution is 2.24. The van der Waals surface area contributed by atoms with Crippen LogP contribution in [0.2, 0.25) is 0 Å². The standard InChI is InChI=1S/C14H15N3O4S/c1-8-9(2)22-13(16-8)7-15-10-4-5-12(17(19)20)11(6-10)14(18)21-3/h4-6,15H,7H2,1-3H3. The predicted molar refractivity (Wildman–Crippen MR) is 83.4 cm³/mol. The summed E-state index contributed by atoms with van der Waals surface area (Å²) in [6.45, 7) is 4.42. The van der Waals surface area contributed by atoms with Gasteiger partial charge in [-0.25, -0.2) is 9.78 Å². The average Bonchev–Trinajstić information content (AvgIpc) is 2.82. The highest BCUT2D eigenvalue weighted by Gasteiger charge is 2.21. The van der Waals surface area contributed by atoms with Crippen molar-refractivity contribution in [2.75, 3.05) is 12.4 Å². The first-order valence-electron chi connectivity index (χ1n) is 6.46. The van der Waals surface area contributed by atoms with Crippen LogP contribution in [0.25, 0.3) is 0 Å². The Morgan fingerprint density at radius 1 is 1.45 bits per heavy atom. The van der Waals surface area contributed by atoms with Gasteiger partial charge in [0.15, 0.2) is 0 Å². The van der Waals surface area contributed by atoms with Crippen LogP contribution in [0.3, 0.4) is 0 Å². The minimum Gasteiger partial charge on any atom is -0.465 e. The number of nitrogens with one attached hydrogen (secondary N) is 1. The number of anilines is 1. The highest BCUT2D eigenvalue weighted by molar-refractivity contribution is 7.11. The van der Waals surface area contributed by atoms with Crippen molar-refractivity contribution in [2.45, 2.75) is 20.4 Å². The molecule has 0 aliphatic carbocycles. The van der Waals surface area contributed by atoms with Gasteiger partial charge in [-0.1, -0.05) is 0 Å². The zero-order valence-electron chi connectivity index (χ0n) is 12.4. The summed E-state index contributed by atoms with van der Waals surface area (Å²) in [6, 6.07) is 4.25. The molecule has 1 N–H and O–H groups in total. The Hall–Kier alpha value is -2.48. The molecule has 0 unspecified atom stereocenters. The molecular weight excluding hydrogens is 306 g/mol. The number of thiazole rings is 1. The molecule has 0 aliphatic heterocycles. The molecule has 0 saturated carbocycles. The molecule has 0 amide bonds. The lowest BCUT2D eigenvalue weighted by Gasteiger charge is -2.07. The molecule has 0 saturated heterocycles. The van der Waals surface area contributed by atoms with Crippen molar-refractivity contribution in [3.63, 3.8) is 0 Å². The average molecular weight is 321 g/mol. The number of ether oxygens (including phenoxy) is 1. The second-order valence-corrected chi connectivity index (χ2v) is 5.87. The summed E-state index contributed by atoms with van der Waals surface area (Å²) < 4.78 is 4.58. The van der Waals surface area contributed by atoms with Crippen LogP contribution < -0.4 is 5.32 Å². The van der Waals surface area contributed by atoms with E-state index in [9.17, 15) is 14.9 Å². The first kappa shape index (κ1) is 15.9. The smallest absolute Gasteiger partial charge is 0.344 e. The van der Waals surface area contributed by atoms with E-state index in [1.807, 2.05) is 13.8 Å². The molecule has 8 heteroatoms. The molecule has 2 rings (SSSR count). The van der Waals surface area contributed by atoms with E-state index >= 15 is 0 Å². The van der Waals surface area contributed by atoms with Crippen LogP contribution in [0.5, 0.6) is 0 Å². The van der Waals surface area contributed by atoms with Gasteiger partial charge in [-0.2, -0.15) is 0 Å². The van der Waals surface area contributed by atoms with Gasteiger partial charge in [0.05, 0.1) is 24.3 Å². The number of aryl methyl sites for hydroxylation is 2. The van der Waals surface area contributed by atoms with Gasteiger partial charge in [-0.3, -0.25) is 10.1 Å². The number of rotatable bonds is 5. The van der Waals surface area contributed by atoms with Gasteiger partial charge in [0.25, 0.3) is 5.69 Å². The summed E-state index contributed by atoms with van der Waals surface area (Å²) in [7, 11) is 1.19. The van der Waals surface area contributed by atoms with Gasteiger partial charge in [-0.15, -0.1) is 11.3 Å². The zero-order chi connectivity index (χ0) is 16.3. The normalized spacial score (nSPS) is 10.3. The number of methoxy groups -OCH3 is 1. The molecule has 1 aromatic heterocycles. The van der Waals surface area contributed by atoms with E-state index < -0.39 is 10.9 Å². The lowest BCUT2D eigenvalue weighted by molar-refractivity contribution is -0.385. The lowest BCUT2D eigenvalue weighted by atomic mass is 10.1. The van der Waals surface area contributed by atoms with Crippen molar-refractivity contribution in [3.05, 3.63) is 49.5 Å². The number of hydrogen-bond donors (Lipinski definition) is 1. The quantitative estimate of drug-likeness (QED) is 0.516. The SMILES string of the molecule is COC(=O)c1cc(NCc2nc(C)c(C)s2)ccc1[N+](=O)[O-]. The van der Waals surface area contributed by atoms with Crippen molar-refractivity contribution in [1.82, 2.24) is 4.98 Å². The third-order valence-electron chi connectivity index (χ3n) is 3.12. The molecule has 0 radical (unpaired) electrons. The lowest BCUT2D eigenvalue weighted by Crippen LogP contribution is -2.07. The molecule has 2 aromatic rings. The van der Waals surface area contributed by atoms with E-state index in [2.05, 4.69) is 15.0 Å². The van der Waals surface area contributed by atoms with Crippen LogP contribution in [-0.2, 0) is 11.3 Å². The molecular formula is C14H15N3O4S. The van der Waals surface area contributed by atoms with Gasteiger partial charge in [-0.05, 0) is 26.0 Å². The predicted octanol–water partition coefficient (Wildman–Crippen LogP) is 3.07. The molecule has 22 heavy (non-hydrogen) atoms. The number of hydrogen-bond acceptors (Lipinski definition) is 7. The van der Waals surface area contributed by atoms with E-state index in [0.717, 1.165) is 15.6 Å². The first-order chi connectivity index (χ1) is 10.4. The molecule has 1 aromatic carbocycles. The summed E-state index contributed by atoms with van der Waals surface area (Å²) in [5.74, 6) is -0.740. The number of aromatic nitrogens is 1. The van der Waals surface area contributed by atoms with Crippen LogP contribution in [0, 0.1) is 24.0 Å². The maximum Gasteiger partial charge on any atom is 0.344 e. The number of carbonyl (C=O) groups excluding carboxylic acids is 1. The van der Waals surface area contributed by atoms with Crippen LogP contribution in [0.1, 0.15) is 25.9 Å². The molecule has 1 heterocycles. The minimum atomic E-state index is -0.740. The summed E-state index contributed by atoms with van der Waals surface area (Å²) in [4.78, 5) is 27.5. The van der Waals surface area contributed by atoms with Crippen molar-refractivity contribution >= 4 is 28.7 Å². The largest absolute Gasteiger partial charge is 0.465 e. The van der Waals surface area contributed by atoms with Gasteiger partial charge >= 0.3 is 5.97 Å². The van der Waals surface area contributed by atoms with Crippen LogP contribution >= 0.6 is 11.3 Å². The fraction of sp³-hybridized carbons (Fsp3) is 0.286. The Morgan fingerprint density at radius 2 is 2.18 bits per heavy atom. The number of carbonyl (C=O) groups is 1. The van der Waals surface area contributed by atoms with E-state index in [0.29, 0.717) is 12.2 Å². The molecule has 0 aliphatic rings. The molecule has 0 spiro atoms. The van der Waals surface area contributed by atoms with E-state index in [-0.39, 0.29) is 11.3 Å². The number of nitrogens with zero attached hydrogens (tertiary/aromatic N) is 2. The maximum absolute atomic E-state index is 11.6. The Morgan fingerprint density at radius 3 is 2.73 bits per heavy atom. The Bertz CT molecular complexity index is 707. The van der Waals surface area contributed by atoms with Crippen molar-refractivity contribution < 1.29 is 14.5 Å². The van der Waals surface area contributed by atoms with Gasteiger partial charge in [0.1, 0.15) is 10.6 Å². The molecule has 7 nitrogen and oxygen atoms in total. The zero-order valence-corrected chi connectivity index (χ0v) is 13.2. The van der Waals surface area contributed by atoms with Gasteiger partial charge < -0.3 is 10.1 Å².